The van der Waals surface area contributed by atoms with Crippen LogP contribution in [-0.4, -0.2) is 13.0 Å². The van der Waals surface area contributed by atoms with Crippen LogP contribution in [0.1, 0.15) is 24.1 Å². The van der Waals surface area contributed by atoms with Gasteiger partial charge in [-0.3, -0.25) is 4.79 Å². The minimum absolute atomic E-state index is 0.0659. The van der Waals surface area contributed by atoms with Crippen LogP contribution in [-0.2, 0) is 11.2 Å². The lowest BCUT2D eigenvalue weighted by Crippen LogP contribution is -2.28. The van der Waals surface area contributed by atoms with E-state index in [0.717, 1.165) is 5.56 Å². The number of benzene rings is 2. The van der Waals surface area contributed by atoms with E-state index in [4.69, 9.17) is 27.9 Å². The lowest BCUT2D eigenvalue weighted by molar-refractivity contribution is -0.121. The van der Waals surface area contributed by atoms with Crippen LogP contribution < -0.4 is 10.1 Å². The number of amides is 1. The molecule has 2 rings (SSSR count). The second-order valence-corrected chi connectivity index (χ2v) is 5.94. The predicted molar refractivity (Wildman–Crippen MR) is 89.7 cm³/mol. The molecule has 2 aromatic carbocycles. The molecule has 0 saturated carbocycles. The number of rotatable bonds is 5. The predicted octanol–water partition coefficient (Wildman–Crippen LogP) is 4.56. The lowest BCUT2D eigenvalue weighted by atomic mass is 10.1. The topological polar surface area (TPSA) is 38.3 Å². The Morgan fingerprint density at radius 3 is 2.61 bits per heavy atom. The van der Waals surface area contributed by atoms with Gasteiger partial charge in [0.25, 0.3) is 0 Å². The number of methoxy groups -OCH3 is 1. The first kappa shape index (κ1) is 17.6. The second-order valence-electron chi connectivity index (χ2n) is 5.10. The van der Waals surface area contributed by atoms with Gasteiger partial charge in [0.1, 0.15) is 0 Å². The van der Waals surface area contributed by atoms with E-state index in [-0.39, 0.29) is 24.1 Å². The molecular weight excluding hydrogens is 340 g/mol. The largest absolute Gasteiger partial charge is 0.494 e. The van der Waals surface area contributed by atoms with Gasteiger partial charge in [-0.05, 0) is 42.3 Å². The van der Waals surface area contributed by atoms with Gasteiger partial charge in [0.15, 0.2) is 11.6 Å². The smallest absolute Gasteiger partial charge is 0.224 e. The molecule has 0 spiro atoms. The zero-order valence-corrected chi connectivity index (χ0v) is 14.2. The third-order valence-electron chi connectivity index (χ3n) is 3.39. The first-order valence-electron chi connectivity index (χ1n) is 6.97. The minimum Gasteiger partial charge on any atom is -0.494 e. The van der Waals surface area contributed by atoms with Crippen LogP contribution in [0.4, 0.5) is 4.39 Å². The molecule has 0 aromatic heterocycles. The standard InChI is InChI=1S/C17H16Cl2FNO2/c1-10(13-5-4-12(18)9-14(13)19)21-17(22)8-11-3-6-16(23-2)15(20)7-11/h3-7,9-10H,8H2,1-2H3,(H,21,22). The maximum atomic E-state index is 13.6. The first-order valence-corrected chi connectivity index (χ1v) is 7.73. The van der Waals surface area contributed by atoms with Gasteiger partial charge >= 0.3 is 0 Å². The number of hydrogen-bond acceptors (Lipinski definition) is 2. The Balaban J connectivity index is 2.02. The highest BCUT2D eigenvalue weighted by molar-refractivity contribution is 6.35. The summed E-state index contributed by atoms with van der Waals surface area (Å²) in [4.78, 5) is 12.1. The van der Waals surface area contributed by atoms with Crippen molar-refractivity contribution >= 4 is 29.1 Å². The van der Waals surface area contributed by atoms with E-state index in [1.807, 2.05) is 6.92 Å². The number of ether oxygens (including phenoxy) is 1. The summed E-state index contributed by atoms with van der Waals surface area (Å²) in [7, 11) is 1.39. The molecule has 0 aliphatic carbocycles. The zero-order chi connectivity index (χ0) is 17.0. The van der Waals surface area contributed by atoms with Crippen molar-refractivity contribution in [2.24, 2.45) is 0 Å². The van der Waals surface area contributed by atoms with Gasteiger partial charge in [-0.25, -0.2) is 4.39 Å². The van der Waals surface area contributed by atoms with E-state index in [2.05, 4.69) is 5.32 Å². The van der Waals surface area contributed by atoms with E-state index in [1.165, 1.54) is 19.2 Å². The normalized spacial score (nSPS) is 11.9. The Kier molecular flexibility index (Phi) is 5.85. The third-order valence-corrected chi connectivity index (χ3v) is 3.95. The molecule has 1 atom stereocenters. The van der Waals surface area contributed by atoms with Crippen LogP contribution in [0.15, 0.2) is 36.4 Å². The molecule has 0 heterocycles. The summed E-state index contributed by atoms with van der Waals surface area (Å²) >= 11 is 12.0. The van der Waals surface area contributed by atoms with Gasteiger partial charge in [0.2, 0.25) is 5.91 Å². The maximum absolute atomic E-state index is 13.6. The van der Waals surface area contributed by atoms with Gasteiger partial charge in [0.05, 0.1) is 19.6 Å². The van der Waals surface area contributed by atoms with Crippen LogP contribution in [0.2, 0.25) is 10.0 Å². The number of hydrogen-bond donors (Lipinski definition) is 1. The fourth-order valence-corrected chi connectivity index (χ4v) is 2.80. The fraction of sp³-hybridized carbons (Fsp3) is 0.235. The molecule has 0 fully saturated rings. The van der Waals surface area contributed by atoms with Crippen LogP contribution >= 0.6 is 23.2 Å². The molecule has 23 heavy (non-hydrogen) atoms. The summed E-state index contributed by atoms with van der Waals surface area (Å²) in [6.45, 7) is 1.82. The number of nitrogens with one attached hydrogen (secondary N) is 1. The minimum atomic E-state index is -0.494. The highest BCUT2D eigenvalue weighted by Gasteiger charge is 2.14. The van der Waals surface area contributed by atoms with Crippen molar-refractivity contribution in [2.75, 3.05) is 7.11 Å². The molecule has 3 nitrogen and oxygen atoms in total. The van der Waals surface area contributed by atoms with Crippen LogP contribution in [0.3, 0.4) is 0 Å². The fourth-order valence-electron chi connectivity index (χ4n) is 2.23. The quantitative estimate of drug-likeness (QED) is 0.853. The molecule has 0 saturated heterocycles. The monoisotopic (exact) mass is 355 g/mol. The molecular formula is C17H16Cl2FNO2. The van der Waals surface area contributed by atoms with Crippen molar-refractivity contribution in [3.63, 3.8) is 0 Å². The summed E-state index contributed by atoms with van der Waals surface area (Å²) in [6.07, 6.45) is 0.0659. The Bertz CT molecular complexity index is 722. The Hall–Kier alpha value is -1.78. The first-order chi connectivity index (χ1) is 10.9. The van der Waals surface area contributed by atoms with E-state index >= 15 is 0 Å². The molecule has 122 valence electrons. The van der Waals surface area contributed by atoms with Crippen molar-refractivity contribution in [1.82, 2.24) is 5.32 Å². The molecule has 1 amide bonds. The molecule has 0 bridgehead atoms. The van der Waals surface area contributed by atoms with Crippen molar-refractivity contribution in [1.29, 1.82) is 0 Å². The Morgan fingerprint density at radius 2 is 2.00 bits per heavy atom. The van der Waals surface area contributed by atoms with E-state index in [0.29, 0.717) is 15.6 Å². The molecule has 1 unspecified atom stereocenters. The SMILES string of the molecule is COc1ccc(CC(=O)NC(C)c2ccc(Cl)cc2Cl)cc1F. The highest BCUT2D eigenvalue weighted by atomic mass is 35.5. The number of carbonyl (C=O) groups excluding carboxylic acids is 1. The molecule has 0 aliphatic heterocycles. The third kappa shape index (κ3) is 4.60. The van der Waals surface area contributed by atoms with E-state index < -0.39 is 5.82 Å². The van der Waals surface area contributed by atoms with Crippen LogP contribution in [0, 0.1) is 5.82 Å². The van der Waals surface area contributed by atoms with Crippen molar-refractivity contribution < 1.29 is 13.9 Å². The van der Waals surface area contributed by atoms with E-state index in [1.54, 1.807) is 24.3 Å². The summed E-state index contributed by atoms with van der Waals surface area (Å²) in [5, 5.41) is 3.85. The molecule has 2 aromatic rings. The van der Waals surface area contributed by atoms with Gasteiger partial charge in [-0.1, -0.05) is 35.3 Å². The highest BCUT2D eigenvalue weighted by Crippen LogP contribution is 2.26. The van der Waals surface area contributed by atoms with Crippen molar-refractivity contribution in [3.05, 3.63) is 63.4 Å². The number of carbonyl (C=O) groups is 1. The maximum Gasteiger partial charge on any atom is 0.224 e. The summed E-state index contributed by atoms with van der Waals surface area (Å²) in [5.74, 6) is -0.574. The second kappa shape index (κ2) is 7.66. The van der Waals surface area contributed by atoms with Crippen LogP contribution in [0.5, 0.6) is 5.75 Å². The molecule has 1 N–H and O–H groups in total. The van der Waals surface area contributed by atoms with Gasteiger partial charge in [-0.2, -0.15) is 0 Å². The number of halogens is 3. The molecule has 6 heteroatoms. The average molecular weight is 356 g/mol. The zero-order valence-electron chi connectivity index (χ0n) is 12.7. The van der Waals surface area contributed by atoms with Crippen molar-refractivity contribution in [2.45, 2.75) is 19.4 Å². The van der Waals surface area contributed by atoms with E-state index in [9.17, 15) is 9.18 Å². The van der Waals surface area contributed by atoms with Gasteiger partial charge in [0, 0.05) is 10.0 Å². The molecule has 0 radical (unpaired) electrons. The summed E-state index contributed by atoms with van der Waals surface area (Å²) < 4.78 is 18.5. The average Bonchev–Trinajstić information content (AvgIpc) is 2.47. The Labute approximate surface area is 144 Å². The Morgan fingerprint density at radius 1 is 1.26 bits per heavy atom. The summed E-state index contributed by atoms with van der Waals surface area (Å²) in [6, 6.07) is 9.26. The van der Waals surface area contributed by atoms with Crippen molar-refractivity contribution in [3.8, 4) is 5.75 Å². The molecule has 0 aliphatic rings. The van der Waals surface area contributed by atoms with Gasteiger partial charge in [-0.15, -0.1) is 0 Å². The van der Waals surface area contributed by atoms with Crippen LogP contribution in [0.25, 0.3) is 0 Å². The van der Waals surface area contributed by atoms with Gasteiger partial charge < -0.3 is 10.1 Å². The lowest BCUT2D eigenvalue weighted by Gasteiger charge is -2.16. The summed E-state index contributed by atoms with van der Waals surface area (Å²) in [5.41, 5.74) is 1.33.